The van der Waals surface area contributed by atoms with E-state index in [1.807, 2.05) is 12.4 Å². The summed E-state index contributed by atoms with van der Waals surface area (Å²) in [5.74, 6) is 2.07. The van der Waals surface area contributed by atoms with Crippen LogP contribution in [-0.4, -0.2) is 49.2 Å². The summed E-state index contributed by atoms with van der Waals surface area (Å²) in [7, 11) is 0. The molecule has 0 atom stereocenters. The van der Waals surface area contributed by atoms with Gasteiger partial charge in [0, 0.05) is 39.3 Å². The minimum Gasteiger partial charge on any atom is -0.355 e. The zero-order valence-corrected chi connectivity index (χ0v) is 10.8. The van der Waals surface area contributed by atoms with Crippen LogP contribution < -0.4 is 15.1 Å². The Morgan fingerprint density at radius 1 is 0.833 bits per heavy atom. The van der Waals surface area contributed by atoms with Crippen LogP contribution in [0.5, 0.6) is 0 Å². The molecule has 2 fully saturated rings. The normalized spacial score (nSPS) is 21.1. The molecule has 5 heteroatoms. The molecule has 0 aromatic carbocycles. The minimum atomic E-state index is 1.03. The molecule has 0 radical (unpaired) electrons. The molecule has 3 heterocycles. The predicted octanol–water partition coefficient (Wildman–Crippen LogP) is 0.876. The Hall–Kier alpha value is -1.36. The molecule has 1 aromatic heterocycles. The lowest BCUT2D eigenvalue weighted by atomic mass is 10.1. The molecule has 2 aliphatic heterocycles. The first kappa shape index (κ1) is 11.7. The molecular weight excluding hydrogens is 226 g/mol. The van der Waals surface area contributed by atoms with Gasteiger partial charge in [-0.3, -0.25) is 4.98 Å². The Morgan fingerprint density at radius 2 is 1.44 bits per heavy atom. The van der Waals surface area contributed by atoms with Crippen molar-refractivity contribution in [1.82, 2.24) is 15.3 Å². The average molecular weight is 247 g/mol. The zero-order valence-electron chi connectivity index (χ0n) is 10.8. The van der Waals surface area contributed by atoms with Crippen LogP contribution in [0.25, 0.3) is 0 Å². The molecule has 2 saturated heterocycles. The monoisotopic (exact) mass is 247 g/mol. The number of nitrogens with one attached hydrogen (secondary N) is 1. The van der Waals surface area contributed by atoms with Gasteiger partial charge in [0.25, 0.3) is 0 Å². The van der Waals surface area contributed by atoms with E-state index >= 15 is 0 Å². The smallest absolute Gasteiger partial charge is 0.149 e. The Balaban J connectivity index is 1.75. The molecule has 2 aliphatic rings. The van der Waals surface area contributed by atoms with E-state index < -0.39 is 0 Å². The van der Waals surface area contributed by atoms with E-state index in [4.69, 9.17) is 4.98 Å². The highest BCUT2D eigenvalue weighted by Gasteiger charge is 2.16. The predicted molar refractivity (Wildman–Crippen MR) is 73.2 cm³/mol. The van der Waals surface area contributed by atoms with Crippen molar-refractivity contribution in [3.05, 3.63) is 12.4 Å². The number of rotatable bonds is 2. The van der Waals surface area contributed by atoms with Crippen molar-refractivity contribution >= 4 is 11.6 Å². The minimum absolute atomic E-state index is 1.03. The number of piperazine rings is 1. The highest BCUT2D eigenvalue weighted by Crippen LogP contribution is 2.19. The molecule has 1 N–H and O–H groups in total. The van der Waals surface area contributed by atoms with Crippen LogP contribution in [0.1, 0.15) is 19.3 Å². The molecule has 3 rings (SSSR count). The Morgan fingerprint density at radius 3 is 2.11 bits per heavy atom. The number of hydrogen-bond acceptors (Lipinski definition) is 5. The lowest BCUT2D eigenvalue weighted by Gasteiger charge is -2.31. The summed E-state index contributed by atoms with van der Waals surface area (Å²) in [6.45, 7) is 6.38. The van der Waals surface area contributed by atoms with Crippen LogP contribution in [0.3, 0.4) is 0 Å². The molecule has 0 spiro atoms. The van der Waals surface area contributed by atoms with E-state index in [1.165, 1.54) is 19.3 Å². The maximum Gasteiger partial charge on any atom is 0.149 e. The number of anilines is 2. The first-order valence-corrected chi connectivity index (χ1v) is 6.96. The number of nitrogens with zero attached hydrogens (tertiary/aromatic N) is 4. The van der Waals surface area contributed by atoms with E-state index in [0.29, 0.717) is 0 Å². The molecular formula is C13H21N5. The summed E-state index contributed by atoms with van der Waals surface area (Å²) < 4.78 is 0. The molecule has 98 valence electrons. The Labute approximate surface area is 108 Å². The van der Waals surface area contributed by atoms with E-state index in [2.05, 4.69) is 20.1 Å². The van der Waals surface area contributed by atoms with Gasteiger partial charge in [-0.15, -0.1) is 0 Å². The summed E-state index contributed by atoms with van der Waals surface area (Å²) in [5, 5.41) is 3.36. The van der Waals surface area contributed by atoms with Crippen molar-refractivity contribution in [3.63, 3.8) is 0 Å². The first-order chi connectivity index (χ1) is 8.93. The van der Waals surface area contributed by atoms with Gasteiger partial charge in [0.05, 0.1) is 12.4 Å². The summed E-state index contributed by atoms with van der Waals surface area (Å²) in [4.78, 5) is 13.8. The van der Waals surface area contributed by atoms with E-state index in [1.54, 1.807) is 0 Å². The topological polar surface area (TPSA) is 44.3 Å². The average Bonchev–Trinajstić information content (AvgIpc) is 2.49. The van der Waals surface area contributed by atoms with Crippen molar-refractivity contribution in [2.45, 2.75) is 19.3 Å². The molecule has 5 nitrogen and oxygen atoms in total. The summed E-state index contributed by atoms with van der Waals surface area (Å²) in [5.41, 5.74) is 0. The third-order valence-electron chi connectivity index (χ3n) is 3.73. The van der Waals surface area contributed by atoms with Gasteiger partial charge in [0.1, 0.15) is 11.6 Å². The van der Waals surface area contributed by atoms with E-state index in [9.17, 15) is 0 Å². The van der Waals surface area contributed by atoms with Gasteiger partial charge in [0.15, 0.2) is 0 Å². The quantitative estimate of drug-likeness (QED) is 0.840. The lowest BCUT2D eigenvalue weighted by molar-refractivity contribution is 0.568. The fourth-order valence-corrected chi connectivity index (χ4v) is 2.67. The van der Waals surface area contributed by atoms with Crippen molar-refractivity contribution in [2.75, 3.05) is 49.1 Å². The lowest BCUT2D eigenvalue weighted by Crippen LogP contribution is -2.44. The fraction of sp³-hybridized carbons (Fsp3) is 0.692. The van der Waals surface area contributed by atoms with Gasteiger partial charge in [-0.25, -0.2) is 4.98 Å². The second-order valence-corrected chi connectivity index (χ2v) is 5.02. The molecule has 0 bridgehead atoms. The third-order valence-corrected chi connectivity index (χ3v) is 3.73. The first-order valence-electron chi connectivity index (χ1n) is 6.96. The fourth-order valence-electron chi connectivity index (χ4n) is 2.67. The summed E-state index contributed by atoms with van der Waals surface area (Å²) >= 11 is 0. The third kappa shape index (κ3) is 2.56. The number of aromatic nitrogens is 2. The molecule has 0 aliphatic carbocycles. The standard InChI is InChI=1S/C13H21N5/c1-2-6-17(7-3-1)12-10-15-11-13(16-12)18-8-4-14-5-9-18/h10-11,14H,1-9H2. The Kier molecular flexibility index (Phi) is 3.59. The van der Waals surface area contributed by atoms with E-state index in [0.717, 1.165) is 50.9 Å². The van der Waals surface area contributed by atoms with Crippen LogP contribution in [0.2, 0.25) is 0 Å². The largest absolute Gasteiger partial charge is 0.355 e. The van der Waals surface area contributed by atoms with Gasteiger partial charge >= 0.3 is 0 Å². The zero-order chi connectivity index (χ0) is 12.2. The number of hydrogen-bond donors (Lipinski definition) is 1. The van der Waals surface area contributed by atoms with Gasteiger partial charge < -0.3 is 15.1 Å². The SMILES string of the molecule is c1ncc(N2CCNCC2)nc1N1CCCCC1. The van der Waals surface area contributed by atoms with Gasteiger partial charge in [0.2, 0.25) is 0 Å². The summed E-state index contributed by atoms with van der Waals surface area (Å²) in [6.07, 6.45) is 7.69. The molecule has 0 amide bonds. The maximum atomic E-state index is 4.78. The summed E-state index contributed by atoms with van der Waals surface area (Å²) in [6, 6.07) is 0. The van der Waals surface area contributed by atoms with Crippen molar-refractivity contribution in [2.24, 2.45) is 0 Å². The van der Waals surface area contributed by atoms with Gasteiger partial charge in [-0.1, -0.05) is 0 Å². The van der Waals surface area contributed by atoms with Crippen LogP contribution in [0, 0.1) is 0 Å². The molecule has 0 saturated carbocycles. The number of piperidine rings is 1. The van der Waals surface area contributed by atoms with Crippen LogP contribution in [-0.2, 0) is 0 Å². The second-order valence-electron chi connectivity index (χ2n) is 5.02. The second kappa shape index (κ2) is 5.52. The van der Waals surface area contributed by atoms with Crippen molar-refractivity contribution in [1.29, 1.82) is 0 Å². The van der Waals surface area contributed by atoms with Crippen LogP contribution in [0.4, 0.5) is 11.6 Å². The molecule has 1 aromatic rings. The van der Waals surface area contributed by atoms with Crippen LogP contribution >= 0.6 is 0 Å². The van der Waals surface area contributed by atoms with Gasteiger partial charge in [-0.05, 0) is 19.3 Å². The molecule has 0 unspecified atom stereocenters. The maximum absolute atomic E-state index is 4.78. The molecule has 18 heavy (non-hydrogen) atoms. The van der Waals surface area contributed by atoms with E-state index in [-0.39, 0.29) is 0 Å². The van der Waals surface area contributed by atoms with Crippen LogP contribution in [0.15, 0.2) is 12.4 Å². The van der Waals surface area contributed by atoms with Crippen molar-refractivity contribution in [3.8, 4) is 0 Å². The Bertz CT molecular complexity index is 349. The van der Waals surface area contributed by atoms with Gasteiger partial charge in [-0.2, -0.15) is 0 Å². The highest BCUT2D eigenvalue weighted by molar-refractivity contribution is 5.46. The van der Waals surface area contributed by atoms with Crippen molar-refractivity contribution < 1.29 is 0 Å². The highest BCUT2D eigenvalue weighted by atomic mass is 15.3.